The quantitative estimate of drug-likeness (QED) is 0.514. The Balaban J connectivity index is 1.22. The predicted octanol–water partition coefficient (Wildman–Crippen LogP) is 6.46. The van der Waals surface area contributed by atoms with Gasteiger partial charge in [0.25, 0.3) is 0 Å². The van der Waals surface area contributed by atoms with Gasteiger partial charge in [-0.25, -0.2) is 4.31 Å². The molecule has 0 saturated carbocycles. The van der Waals surface area contributed by atoms with Crippen LogP contribution in [0.3, 0.4) is 0 Å². The molecule has 4 rings (SSSR count). The largest absolute Gasteiger partial charge is 0.300 e. The Kier molecular flexibility index (Phi) is 7.21. The molecule has 3 aliphatic rings. The van der Waals surface area contributed by atoms with E-state index < -0.39 is 0 Å². The highest BCUT2D eigenvalue weighted by molar-refractivity contribution is 7.97. The highest BCUT2D eigenvalue weighted by Crippen LogP contribution is 2.34. The zero-order valence-electron chi connectivity index (χ0n) is 18.6. The highest BCUT2D eigenvalue weighted by atomic mass is 32.2. The van der Waals surface area contributed by atoms with Crippen molar-refractivity contribution in [2.45, 2.75) is 76.7 Å². The normalized spacial score (nSPS) is 22.8. The average molecular weight is 411 g/mol. The van der Waals surface area contributed by atoms with Crippen LogP contribution < -0.4 is 0 Å². The number of benzene rings is 1. The molecule has 0 spiro atoms. The Morgan fingerprint density at radius 2 is 1.59 bits per heavy atom. The minimum atomic E-state index is 0.807. The van der Waals surface area contributed by atoms with Crippen LogP contribution in [0.5, 0.6) is 0 Å². The van der Waals surface area contributed by atoms with E-state index in [1.807, 2.05) is 11.9 Å². The van der Waals surface area contributed by atoms with Crippen molar-refractivity contribution in [3.8, 4) is 0 Å². The van der Waals surface area contributed by atoms with E-state index in [0.717, 1.165) is 12.0 Å². The summed E-state index contributed by atoms with van der Waals surface area (Å²) in [5, 5.41) is 0. The predicted molar refractivity (Wildman–Crippen MR) is 126 cm³/mol. The molecule has 158 valence electrons. The van der Waals surface area contributed by atoms with Crippen molar-refractivity contribution in [2.75, 3.05) is 26.2 Å². The van der Waals surface area contributed by atoms with Crippen LogP contribution >= 0.6 is 11.9 Å². The molecule has 2 aliphatic heterocycles. The Morgan fingerprint density at radius 1 is 0.897 bits per heavy atom. The molecule has 0 aromatic heterocycles. The summed E-state index contributed by atoms with van der Waals surface area (Å²) in [5.41, 5.74) is 5.84. The number of likely N-dealkylation sites (tertiary alicyclic amines) is 1. The lowest BCUT2D eigenvalue weighted by atomic mass is 9.87. The lowest BCUT2D eigenvalue weighted by Crippen LogP contribution is -2.46. The van der Waals surface area contributed by atoms with Crippen molar-refractivity contribution in [1.29, 1.82) is 0 Å². The molecule has 3 heteroatoms. The third-order valence-electron chi connectivity index (χ3n) is 7.01. The van der Waals surface area contributed by atoms with E-state index in [9.17, 15) is 0 Å². The second-order valence-electron chi connectivity index (χ2n) is 9.42. The van der Waals surface area contributed by atoms with Crippen LogP contribution in [0.1, 0.15) is 61.6 Å². The summed E-state index contributed by atoms with van der Waals surface area (Å²) in [6.45, 7) is 11.8. The van der Waals surface area contributed by atoms with Crippen LogP contribution in [0.4, 0.5) is 0 Å². The van der Waals surface area contributed by atoms with E-state index in [0.29, 0.717) is 0 Å². The van der Waals surface area contributed by atoms with Gasteiger partial charge in [-0.3, -0.25) is 0 Å². The topological polar surface area (TPSA) is 6.48 Å². The summed E-state index contributed by atoms with van der Waals surface area (Å²) >= 11 is 2.00. The number of piperidine rings is 2. The molecule has 1 aromatic rings. The van der Waals surface area contributed by atoms with Crippen LogP contribution in [-0.4, -0.2) is 41.4 Å². The van der Waals surface area contributed by atoms with Gasteiger partial charge in [-0.15, -0.1) is 0 Å². The molecule has 2 nitrogen and oxygen atoms in total. The number of allylic oxidation sites excluding steroid dienone is 4. The summed E-state index contributed by atoms with van der Waals surface area (Å²) in [4.78, 5) is 4.28. The van der Waals surface area contributed by atoms with Crippen molar-refractivity contribution in [1.82, 2.24) is 9.21 Å². The molecule has 0 N–H and O–H groups in total. The highest BCUT2D eigenvalue weighted by Gasteiger charge is 2.29. The van der Waals surface area contributed by atoms with Crippen LogP contribution in [-0.2, 0) is 0 Å². The van der Waals surface area contributed by atoms with Gasteiger partial charge in [0.2, 0.25) is 0 Å². The van der Waals surface area contributed by atoms with Crippen molar-refractivity contribution in [3.05, 3.63) is 52.6 Å². The average Bonchev–Trinajstić information content (AvgIpc) is 2.72. The SMILES string of the molecule is Cc1cc(C)c(SN2CCC(N3CCC(CC4=CCCC=C4)CC3)CC2)c(C)c1. The zero-order valence-corrected chi connectivity index (χ0v) is 19.4. The molecular formula is C26H38N2S. The van der Waals surface area contributed by atoms with E-state index in [1.165, 1.54) is 92.7 Å². The molecule has 1 aliphatic carbocycles. The van der Waals surface area contributed by atoms with Gasteiger partial charge >= 0.3 is 0 Å². The minimum absolute atomic E-state index is 0.807. The first-order valence-electron chi connectivity index (χ1n) is 11.7. The van der Waals surface area contributed by atoms with Gasteiger partial charge in [0, 0.05) is 24.0 Å². The Hall–Kier alpha value is -1.03. The maximum atomic E-state index is 2.81. The van der Waals surface area contributed by atoms with E-state index in [2.05, 4.69) is 60.3 Å². The fraction of sp³-hybridized carbons (Fsp3) is 0.615. The lowest BCUT2D eigenvalue weighted by molar-refractivity contribution is 0.0991. The van der Waals surface area contributed by atoms with Crippen molar-refractivity contribution in [2.24, 2.45) is 5.92 Å². The monoisotopic (exact) mass is 410 g/mol. The maximum absolute atomic E-state index is 2.81. The third-order valence-corrected chi connectivity index (χ3v) is 8.46. The first kappa shape index (κ1) is 21.2. The summed E-state index contributed by atoms with van der Waals surface area (Å²) in [5.74, 6) is 0.906. The van der Waals surface area contributed by atoms with Gasteiger partial charge in [-0.05, 0) is 108 Å². The Morgan fingerprint density at radius 3 is 2.21 bits per heavy atom. The van der Waals surface area contributed by atoms with E-state index in [-0.39, 0.29) is 0 Å². The van der Waals surface area contributed by atoms with Crippen molar-refractivity contribution < 1.29 is 0 Å². The second-order valence-corrected chi connectivity index (χ2v) is 10.5. The Bertz CT molecular complexity index is 727. The maximum Gasteiger partial charge on any atom is 0.0288 e. The smallest absolute Gasteiger partial charge is 0.0288 e. The fourth-order valence-corrected chi connectivity index (χ4v) is 6.47. The zero-order chi connectivity index (χ0) is 20.2. The number of aryl methyl sites for hydroxylation is 3. The second kappa shape index (κ2) is 9.85. The van der Waals surface area contributed by atoms with Gasteiger partial charge in [0.05, 0.1) is 0 Å². The molecule has 1 aromatic carbocycles. The lowest BCUT2D eigenvalue weighted by Gasteiger charge is -2.41. The van der Waals surface area contributed by atoms with Gasteiger partial charge in [0.15, 0.2) is 0 Å². The molecule has 0 atom stereocenters. The number of hydrogen-bond donors (Lipinski definition) is 0. The van der Waals surface area contributed by atoms with E-state index in [1.54, 1.807) is 5.57 Å². The molecule has 0 bridgehead atoms. The van der Waals surface area contributed by atoms with E-state index in [4.69, 9.17) is 0 Å². The number of hydrogen-bond acceptors (Lipinski definition) is 3. The van der Waals surface area contributed by atoms with Crippen molar-refractivity contribution >= 4 is 11.9 Å². The molecule has 2 heterocycles. The van der Waals surface area contributed by atoms with Crippen LogP contribution in [0.2, 0.25) is 0 Å². The van der Waals surface area contributed by atoms with Gasteiger partial charge < -0.3 is 4.90 Å². The minimum Gasteiger partial charge on any atom is -0.300 e. The number of nitrogens with zero attached hydrogens (tertiary/aromatic N) is 2. The van der Waals surface area contributed by atoms with Gasteiger partial charge in [-0.1, -0.05) is 41.5 Å². The molecule has 29 heavy (non-hydrogen) atoms. The molecule has 2 saturated heterocycles. The molecule has 0 unspecified atom stereocenters. The standard InChI is InChI=1S/C26H38N2S/c1-20-17-21(2)26(22(3)18-20)29-28-15-11-25(12-16-28)27-13-9-24(10-14-27)19-23-7-5-4-6-8-23/h5,7-8,17-18,24-25H,4,6,9-16,19H2,1-3H3. The van der Waals surface area contributed by atoms with Crippen LogP contribution in [0.15, 0.2) is 40.8 Å². The van der Waals surface area contributed by atoms with Crippen molar-refractivity contribution in [3.63, 3.8) is 0 Å². The molecular weight excluding hydrogens is 372 g/mol. The van der Waals surface area contributed by atoms with E-state index >= 15 is 0 Å². The summed E-state index contributed by atoms with van der Waals surface area (Å²) in [7, 11) is 0. The van der Waals surface area contributed by atoms with Crippen LogP contribution in [0.25, 0.3) is 0 Å². The summed E-state index contributed by atoms with van der Waals surface area (Å²) in [6, 6.07) is 5.46. The van der Waals surface area contributed by atoms with Gasteiger partial charge in [-0.2, -0.15) is 0 Å². The molecule has 0 radical (unpaired) electrons. The first-order chi connectivity index (χ1) is 14.1. The fourth-order valence-electron chi connectivity index (χ4n) is 5.41. The number of rotatable bonds is 5. The Labute approximate surface area is 182 Å². The van der Waals surface area contributed by atoms with Crippen LogP contribution in [0, 0.1) is 26.7 Å². The molecule has 0 amide bonds. The third kappa shape index (κ3) is 5.57. The summed E-state index contributed by atoms with van der Waals surface area (Å²) in [6.07, 6.45) is 16.4. The summed E-state index contributed by atoms with van der Waals surface area (Å²) < 4.78 is 2.61. The molecule has 2 fully saturated rings. The van der Waals surface area contributed by atoms with Gasteiger partial charge in [0.1, 0.15) is 0 Å². The first-order valence-corrected chi connectivity index (χ1v) is 12.5.